The van der Waals surface area contributed by atoms with Crippen molar-refractivity contribution >= 4 is 26.7 Å². The summed E-state index contributed by atoms with van der Waals surface area (Å²) in [5.74, 6) is -12.4. The Bertz CT molecular complexity index is 1040. The topological polar surface area (TPSA) is 74.8 Å². The van der Waals surface area contributed by atoms with Gasteiger partial charge < -0.3 is 0 Å². The van der Waals surface area contributed by atoms with Crippen LogP contribution in [0.5, 0.6) is 0 Å². The predicted octanol–water partition coefficient (Wildman–Crippen LogP) is 3.06. The van der Waals surface area contributed by atoms with Crippen LogP contribution < -0.4 is 4.72 Å². The van der Waals surface area contributed by atoms with Crippen LogP contribution in [-0.2, 0) is 10.0 Å². The summed E-state index contributed by atoms with van der Waals surface area (Å²) in [6, 6.07) is 6.13. The highest BCUT2D eigenvalue weighted by Gasteiger charge is 2.34. The van der Waals surface area contributed by atoms with Gasteiger partial charge in [-0.3, -0.25) is 9.82 Å². The van der Waals surface area contributed by atoms with Crippen molar-refractivity contribution in [1.29, 1.82) is 0 Å². The second-order valence-electron chi connectivity index (χ2n) is 4.62. The van der Waals surface area contributed by atoms with Crippen LogP contribution in [0.3, 0.4) is 0 Å². The molecule has 0 unspecified atom stereocenters. The van der Waals surface area contributed by atoms with Gasteiger partial charge in [0, 0.05) is 5.39 Å². The molecule has 0 aliphatic rings. The third kappa shape index (κ3) is 2.37. The molecule has 2 N–H and O–H groups in total. The third-order valence-electron chi connectivity index (χ3n) is 3.14. The van der Waals surface area contributed by atoms with Gasteiger partial charge in [-0.1, -0.05) is 12.1 Å². The minimum Gasteiger partial charge on any atom is -0.276 e. The number of para-hydroxylation sites is 1. The van der Waals surface area contributed by atoms with E-state index in [0.717, 1.165) is 0 Å². The Morgan fingerprint density at radius 3 is 2.04 bits per heavy atom. The van der Waals surface area contributed by atoms with Crippen molar-refractivity contribution in [3.8, 4) is 0 Å². The normalized spacial score (nSPS) is 11.9. The third-order valence-corrected chi connectivity index (χ3v) is 4.50. The summed E-state index contributed by atoms with van der Waals surface area (Å²) in [6.07, 6.45) is 0. The van der Waals surface area contributed by atoms with Crippen molar-refractivity contribution < 1.29 is 30.4 Å². The Balaban J connectivity index is 2.16. The lowest BCUT2D eigenvalue weighted by atomic mass is 10.2. The van der Waals surface area contributed by atoms with Crippen molar-refractivity contribution in [2.75, 3.05) is 4.72 Å². The largest absolute Gasteiger partial charge is 0.276 e. The van der Waals surface area contributed by atoms with Crippen LogP contribution in [0.25, 0.3) is 10.9 Å². The second kappa shape index (κ2) is 5.44. The highest BCUT2D eigenvalue weighted by atomic mass is 32.2. The maximum atomic E-state index is 13.7. The number of sulfonamides is 1. The van der Waals surface area contributed by atoms with Crippen molar-refractivity contribution in [3.05, 3.63) is 53.4 Å². The number of halogens is 5. The van der Waals surface area contributed by atoms with Crippen LogP contribution in [0.15, 0.2) is 29.2 Å². The van der Waals surface area contributed by atoms with Gasteiger partial charge in [0.25, 0.3) is 10.0 Å². The molecular formula is C13H6F5N3O2S. The first-order valence-electron chi connectivity index (χ1n) is 6.21. The lowest BCUT2D eigenvalue weighted by molar-refractivity contribution is 0.358. The molecular weight excluding hydrogens is 357 g/mol. The van der Waals surface area contributed by atoms with Gasteiger partial charge in [-0.25, -0.2) is 30.4 Å². The number of nitrogens with one attached hydrogen (secondary N) is 2. The number of rotatable bonds is 3. The zero-order valence-electron chi connectivity index (χ0n) is 11.4. The monoisotopic (exact) mass is 363 g/mol. The standard InChI is InChI=1S/C13H6F5N3O2S/c14-7-8(15)10(17)12(11(18)9(7)16)24(22,23)21-13-5-3-1-2-4-6(5)19-20-13/h1-4H,(H2,19,20,21). The molecule has 1 heterocycles. The van der Waals surface area contributed by atoms with Gasteiger partial charge in [0.15, 0.2) is 34.0 Å². The fourth-order valence-corrected chi connectivity index (χ4v) is 3.20. The molecule has 24 heavy (non-hydrogen) atoms. The Kier molecular flexibility index (Phi) is 3.67. The molecule has 0 spiro atoms. The molecule has 0 amide bonds. The fourth-order valence-electron chi connectivity index (χ4n) is 2.04. The van der Waals surface area contributed by atoms with Crippen molar-refractivity contribution in [3.63, 3.8) is 0 Å². The molecule has 11 heteroatoms. The minimum absolute atomic E-state index is 0.241. The van der Waals surface area contributed by atoms with E-state index >= 15 is 0 Å². The van der Waals surface area contributed by atoms with Crippen LogP contribution >= 0.6 is 0 Å². The number of aromatic amines is 1. The van der Waals surface area contributed by atoms with Crippen LogP contribution in [0, 0.1) is 29.1 Å². The van der Waals surface area contributed by atoms with E-state index in [1.165, 1.54) is 12.1 Å². The van der Waals surface area contributed by atoms with E-state index in [2.05, 4.69) is 10.2 Å². The van der Waals surface area contributed by atoms with Gasteiger partial charge in [0.2, 0.25) is 5.82 Å². The van der Waals surface area contributed by atoms with E-state index in [0.29, 0.717) is 5.52 Å². The van der Waals surface area contributed by atoms with Gasteiger partial charge in [-0.15, -0.1) is 0 Å². The summed E-state index contributed by atoms with van der Waals surface area (Å²) in [5, 5.41) is 6.30. The van der Waals surface area contributed by atoms with Gasteiger partial charge in [0.1, 0.15) is 0 Å². The second-order valence-corrected chi connectivity index (χ2v) is 6.24. The molecule has 0 aliphatic carbocycles. The number of hydrogen-bond donors (Lipinski definition) is 2. The lowest BCUT2D eigenvalue weighted by Crippen LogP contribution is -2.19. The number of fused-ring (bicyclic) bond motifs is 1. The first kappa shape index (κ1) is 16.2. The average molecular weight is 363 g/mol. The summed E-state index contributed by atoms with van der Waals surface area (Å²) < 4.78 is 92.6. The van der Waals surface area contributed by atoms with E-state index in [9.17, 15) is 30.4 Å². The number of nitrogens with zero attached hydrogens (tertiary/aromatic N) is 1. The van der Waals surface area contributed by atoms with Crippen LogP contribution in [0.2, 0.25) is 0 Å². The molecule has 126 valence electrons. The van der Waals surface area contributed by atoms with E-state index in [1.54, 1.807) is 16.9 Å². The summed E-state index contributed by atoms with van der Waals surface area (Å²) >= 11 is 0. The zero-order valence-corrected chi connectivity index (χ0v) is 12.2. The van der Waals surface area contributed by atoms with E-state index in [4.69, 9.17) is 0 Å². The van der Waals surface area contributed by atoms with E-state index in [1.807, 2.05) is 0 Å². The Hall–Kier alpha value is -2.69. The molecule has 0 aliphatic heterocycles. The SMILES string of the molecule is O=S(=O)(Nc1n[nH]c2ccccc12)c1c(F)c(F)c(F)c(F)c1F. The van der Waals surface area contributed by atoms with Crippen molar-refractivity contribution in [2.45, 2.75) is 4.90 Å². The number of H-pyrrole nitrogens is 1. The fraction of sp³-hybridized carbons (Fsp3) is 0. The number of benzene rings is 2. The molecule has 3 rings (SSSR count). The maximum Gasteiger partial charge on any atom is 0.269 e. The van der Waals surface area contributed by atoms with Gasteiger partial charge in [0.05, 0.1) is 5.52 Å². The Morgan fingerprint density at radius 1 is 0.875 bits per heavy atom. The number of anilines is 1. The molecule has 0 fully saturated rings. The van der Waals surface area contributed by atoms with Crippen LogP contribution in [0.1, 0.15) is 0 Å². The first-order valence-corrected chi connectivity index (χ1v) is 7.69. The molecule has 2 aromatic carbocycles. The highest BCUT2D eigenvalue weighted by molar-refractivity contribution is 7.92. The predicted molar refractivity (Wildman–Crippen MR) is 73.1 cm³/mol. The smallest absolute Gasteiger partial charge is 0.269 e. The average Bonchev–Trinajstić information content (AvgIpc) is 2.93. The van der Waals surface area contributed by atoms with Gasteiger partial charge in [-0.2, -0.15) is 5.10 Å². The van der Waals surface area contributed by atoms with E-state index in [-0.39, 0.29) is 11.2 Å². The quantitative estimate of drug-likeness (QED) is 0.427. The molecule has 5 nitrogen and oxygen atoms in total. The molecule has 0 atom stereocenters. The van der Waals surface area contributed by atoms with E-state index < -0.39 is 44.0 Å². The number of aromatic nitrogens is 2. The molecule has 0 radical (unpaired) electrons. The summed E-state index contributed by atoms with van der Waals surface area (Å²) in [5.41, 5.74) is 0.396. The lowest BCUT2D eigenvalue weighted by Gasteiger charge is -2.10. The molecule has 0 bridgehead atoms. The summed E-state index contributed by atoms with van der Waals surface area (Å²) in [6.45, 7) is 0. The van der Waals surface area contributed by atoms with Crippen LogP contribution in [-0.4, -0.2) is 18.6 Å². The minimum atomic E-state index is -5.13. The van der Waals surface area contributed by atoms with Gasteiger partial charge in [-0.05, 0) is 12.1 Å². The first-order chi connectivity index (χ1) is 11.2. The Labute approximate surface area is 131 Å². The number of hydrogen-bond acceptors (Lipinski definition) is 3. The Morgan fingerprint density at radius 2 is 1.42 bits per heavy atom. The van der Waals surface area contributed by atoms with Crippen LogP contribution in [0.4, 0.5) is 27.8 Å². The molecule has 0 saturated carbocycles. The maximum absolute atomic E-state index is 13.7. The van der Waals surface area contributed by atoms with Crippen molar-refractivity contribution in [1.82, 2.24) is 10.2 Å². The molecule has 3 aromatic rings. The summed E-state index contributed by atoms with van der Waals surface area (Å²) in [7, 11) is -5.13. The zero-order chi connectivity index (χ0) is 17.6. The van der Waals surface area contributed by atoms with Crippen molar-refractivity contribution in [2.24, 2.45) is 0 Å². The van der Waals surface area contributed by atoms with Gasteiger partial charge >= 0.3 is 0 Å². The molecule has 1 aromatic heterocycles. The summed E-state index contributed by atoms with van der Waals surface area (Å²) in [4.78, 5) is -1.98. The molecule has 0 saturated heterocycles. The highest BCUT2D eigenvalue weighted by Crippen LogP contribution is 2.29.